The van der Waals surface area contributed by atoms with E-state index in [1.807, 2.05) is 0 Å². The van der Waals surface area contributed by atoms with Crippen molar-refractivity contribution >= 4 is 29.4 Å². The number of carboxylic acids is 1. The van der Waals surface area contributed by atoms with Crippen LogP contribution in [0.25, 0.3) is 11.3 Å². The monoisotopic (exact) mass is 417 g/mol. The van der Waals surface area contributed by atoms with Crippen molar-refractivity contribution < 1.29 is 19.4 Å². The summed E-state index contributed by atoms with van der Waals surface area (Å²) in [5, 5.41) is 12.8. The Balaban J connectivity index is 1.61. The van der Waals surface area contributed by atoms with E-state index in [2.05, 4.69) is 20.3 Å². The maximum atomic E-state index is 12.7. The number of hydrogen-bond acceptors (Lipinski definition) is 7. The highest BCUT2D eigenvalue weighted by molar-refractivity contribution is 6.32. The van der Waals surface area contributed by atoms with Crippen LogP contribution in [0.15, 0.2) is 18.5 Å². The van der Waals surface area contributed by atoms with E-state index in [-0.39, 0.29) is 18.5 Å². The van der Waals surface area contributed by atoms with Crippen LogP contribution >= 0.6 is 11.6 Å². The number of nitrogens with one attached hydrogen (secondary N) is 1. The minimum Gasteiger partial charge on any atom is -0.480 e. The second kappa shape index (κ2) is 7.92. The van der Waals surface area contributed by atoms with E-state index >= 15 is 0 Å². The second-order valence-corrected chi connectivity index (χ2v) is 7.49. The first-order valence-corrected chi connectivity index (χ1v) is 9.71. The largest absolute Gasteiger partial charge is 0.480 e. The van der Waals surface area contributed by atoms with E-state index in [0.717, 1.165) is 12.8 Å². The third-order valence-electron chi connectivity index (χ3n) is 5.18. The van der Waals surface area contributed by atoms with Crippen LogP contribution in [0.5, 0.6) is 0 Å². The number of anilines is 1. The number of amides is 1. The molecule has 4 rings (SSSR count). The molecule has 1 fully saturated rings. The van der Waals surface area contributed by atoms with Gasteiger partial charge in [0.2, 0.25) is 5.95 Å². The van der Waals surface area contributed by atoms with Gasteiger partial charge < -0.3 is 20.1 Å². The fraction of sp³-hybridized carbons (Fsp3) is 0.421. The van der Waals surface area contributed by atoms with Crippen molar-refractivity contribution in [1.82, 2.24) is 19.9 Å². The summed E-state index contributed by atoms with van der Waals surface area (Å²) in [4.78, 5) is 38.3. The zero-order chi connectivity index (χ0) is 20.5. The van der Waals surface area contributed by atoms with Crippen LogP contribution in [0.4, 0.5) is 5.95 Å². The molecular weight excluding hydrogens is 398 g/mol. The summed E-state index contributed by atoms with van der Waals surface area (Å²) in [5.41, 5.74) is 1.94. The van der Waals surface area contributed by atoms with Crippen molar-refractivity contribution in [3.05, 3.63) is 34.7 Å². The van der Waals surface area contributed by atoms with E-state index in [0.29, 0.717) is 46.7 Å². The molecule has 2 aromatic heterocycles. The Hall–Kier alpha value is -2.78. The molecule has 0 bridgehead atoms. The lowest BCUT2D eigenvalue weighted by Gasteiger charge is -2.23. The fourth-order valence-electron chi connectivity index (χ4n) is 3.43. The van der Waals surface area contributed by atoms with Crippen LogP contribution in [-0.2, 0) is 16.1 Å². The molecule has 2 aliphatic rings. The highest BCUT2D eigenvalue weighted by atomic mass is 35.5. The molecule has 4 heterocycles. The number of halogens is 1. The Bertz CT molecular complexity index is 964. The number of rotatable bonds is 5. The molecule has 0 aromatic carbocycles. The lowest BCUT2D eigenvalue weighted by atomic mass is 10.1. The number of hydrogen-bond donors (Lipinski definition) is 2. The summed E-state index contributed by atoms with van der Waals surface area (Å²) in [6.07, 6.45) is 4.84. The molecule has 0 aliphatic carbocycles. The lowest BCUT2D eigenvalue weighted by molar-refractivity contribution is -0.141. The molecule has 0 saturated carbocycles. The predicted molar refractivity (Wildman–Crippen MR) is 105 cm³/mol. The fourth-order valence-corrected chi connectivity index (χ4v) is 3.63. The molecule has 1 amide bonds. The SMILES string of the molecule is CC(C(=O)O)N1Cc2ncc(-c3nc(NC4CCOCC4)ncc3Cl)cc2C1=O. The standard InChI is InChI=1S/C19H20ClN5O4/c1-10(18(27)28)25-9-15-13(17(25)26)6-11(7-21-15)16-14(20)8-22-19(24-16)23-12-2-4-29-5-3-12/h6-8,10,12H,2-5,9H2,1H3,(H,27,28)(H,22,23,24). The number of pyridine rings is 1. The molecule has 1 saturated heterocycles. The zero-order valence-electron chi connectivity index (χ0n) is 15.8. The Morgan fingerprint density at radius 1 is 1.34 bits per heavy atom. The number of fused-ring (bicyclic) bond motifs is 1. The summed E-state index contributed by atoms with van der Waals surface area (Å²) in [5.74, 6) is -0.978. The van der Waals surface area contributed by atoms with E-state index in [1.54, 1.807) is 12.3 Å². The maximum Gasteiger partial charge on any atom is 0.326 e. The highest BCUT2D eigenvalue weighted by Crippen LogP contribution is 2.31. The number of ether oxygens (including phenoxy) is 1. The number of carbonyl (C=O) groups is 2. The Morgan fingerprint density at radius 3 is 2.83 bits per heavy atom. The number of carboxylic acid groups (broad SMARTS) is 1. The van der Waals surface area contributed by atoms with Gasteiger partial charge in [-0.3, -0.25) is 9.78 Å². The molecule has 152 valence electrons. The van der Waals surface area contributed by atoms with Crippen molar-refractivity contribution in [3.63, 3.8) is 0 Å². The Kier molecular flexibility index (Phi) is 5.33. The van der Waals surface area contributed by atoms with Crippen molar-refractivity contribution in [2.45, 2.75) is 38.4 Å². The normalized spacial score (nSPS) is 17.9. The Labute approximate surface area is 172 Å². The molecule has 2 aliphatic heterocycles. The molecule has 9 nitrogen and oxygen atoms in total. The summed E-state index contributed by atoms with van der Waals surface area (Å²) in [7, 11) is 0. The summed E-state index contributed by atoms with van der Waals surface area (Å²) in [6.45, 7) is 3.03. The topological polar surface area (TPSA) is 118 Å². The van der Waals surface area contributed by atoms with Crippen LogP contribution in [0.2, 0.25) is 5.02 Å². The average molecular weight is 418 g/mol. The minimum atomic E-state index is -1.06. The summed E-state index contributed by atoms with van der Waals surface area (Å²) >= 11 is 6.31. The van der Waals surface area contributed by atoms with Gasteiger partial charge in [-0.05, 0) is 25.8 Å². The first-order valence-electron chi connectivity index (χ1n) is 9.34. The third kappa shape index (κ3) is 3.88. The van der Waals surface area contributed by atoms with Crippen molar-refractivity contribution in [3.8, 4) is 11.3 Å². The van der Waals surface area contributed by atoms with Gasteiger partial charge in [0.1, 0.15) is 6.04 Å². The molecular formula is C19H20ClN5O4. The molecule has 2 aromatic rings. The predicted octanol–water partition coefficient (Wildman–Crippen LogP) is 2.21. The molecule has 1 atom stereocenters. The molecule has 2 N–H and O–H groups in total. The van der Waals surface area contributed by atoms with Crippen molar-refractivity contribution in [2.24, 2.45) is 0 Å². The van der Waals surface area contributed by atoms with Gasteiger partial charge in [0.05, 0.1) is 34.7 Å². The van der Waals surface area contributed by atoms with Gasteiger partial charge in [-0.15, -0.1) is 0 Å². The lowest BCUT2D eigenvalue weighted by Crippen LogP contribution is -2.38. The number of carbonyl (C=O) groups excluding carboxylic acids is 1. The minimum absolute atomic E-state index is 0.163. The maximum absolute atomic E-state index is 12.7. The van der Waals surface area contributed by atoms with Crippen LogP contribution in [0.1, 0.15) is 35.8 Å². The van der Waals surface area contributed by atoms with E-state index in [9.17, 15) is 14.7 Å². The van der Waals surface area contributed by atoms with Gasteiger partial charge in [-0.1, -0.05) is 11.6 Å². The van der Waals surface area contributed by atoms with Gasteiger partial charge in [0.25, 0.3) is 5.91 Å². The van der Waals surface area contributed by atoms with E-state index in [4.69, 9.17) is 16.3 Å². The first kappa shape index (κ1) is 19.5. The van der Waals surface area contributed by atoms with Crippen molar-refractivity contribution in [1.29, 1.82) is 0 Å². The van der Waals surface area contributed by atoms with Crippen LogP contribution in [0, 0.1) is 0 Å². The van der Waals surface area contributed by atoms with Gasteiger partial charge in [-0.25, -0.2) is 14.8 Å². The third-order valence-corrected chi connectivity index (χ3v) is 5.46. The second-order valence-electron chi connectivity index (χ2n) is 7.09. The molecule has 0 radical (unpaired) electrons. The number of aromatic nitrogens is 3. The van der Waals surface area contributed by atoms with Gasteiger partial charge in [0.15, 0.2) is 0 Å². The van der Waals surface area contributed by atoms with E-state index < -0.39 is 12.0 Å². The smallest absolute Gasteiger partial charge is 0.326 e. The number of aliphatic carboxylic acids is 1. The van der Waals surface area contributed by atoms with Crippen LogP contribution < -0.4 is 5.32 Å². The zero-order valence-corrected chi connectivity index (χ0v) is 16.5. The Morgan fingerprint density at radius 2 is 2.10 bits per heavy atom. The quantitative estimate of drug-likeness (QED) is 0.760. The van der Waals surface area contributed by atoms with Crippen LogP contribution in [-0.4, -0.2) is 62.1 Å². The first-order chi connectivity index (χ1) is 13.9. The molecule has 1 unspecified atom stereocenters. The summed E-state index contributed by atoms with van der Waals surface area (Å²) in [6, 6.07) is 0.952. The van der Waals surface area contributed by atoms with Crippen molar-refractivity contribution in [2.75, 3.05) is 18.5 Å². The van der Waals surface area contributed by atoms with Gasteiger partial charge >= 0.3 is 5.97 Å². The van der Waals surface area contributed by atoms with Crippen LogP contribution in [0.3, 0.4) is 0 Å². The summed E-state index contributed by atoms with van der Waals surface area (Å²) < 4.78 is 5.36. The highest BCUT2D eigenvalue weighted by Gasteiger charge is 2.35. The average Bonchev–Trinajstić information content (AvgIpc) is 3.05. The molecule has 0 spiro atoms. The number of nitrogens with zero attached hydrogens (tertiary/aromatic N) is 4. The van der Waals surface area contributed by atoms with E-state index in [1.165, 1.54) is 18.0 Å². The van der Waals surface area contributed by atoms with Gasteiger partial charge in [-0.2, -0.15) is 0 Å². The molecule has 10 heteroatoms. The molecule has 29 heavy (non-hydrogen) atoms. The van der Waals surface area contributed by atoms with Gasteiger partial charge in [0, 0.05) is 31.0 Å².